The lowest BCUT2D eigenvalue weighted by atomic mass is 10.1. The second-order valence-corrected chi connectivity index (χ2v) is 7.30. The first-order valence-electron chi connectivity index (χ1n) is 6.27. The molecule has 1 fully saturated rings. The van der Waals surface area contributed by atoms with Gasteiger partial charge in [0.05, 0.1) is 18.3 Å². The van der Waals surface area contributed by atoms with Crippen LogP contribution in [-0.2, 0) is 15.5 Å². The molecule has 0 aromatic carbocycles. The molecule has 1 heterocycles. The molecule has 2 N–H and O–H groups in total. The van der Waals surface area contributed by atoms with Crippen LogP contribution in [0.15, 0.2) is 0 Å². The monoisotopic (exact) mass is 263 g/mol. The maximum absolute atomic E-state index is 11.2. The minimum Gasteiger partial charge on any atom is -0.389 e. The fourth-order valence-corrected chi connectivity index (χ4v) is 3.00. The number of hydrogen-bond acceptors (Lipinski definition) is 4. The molecule has 0 radical (unpaired) electrons. The van der Waals surface area contributed by atoms with E-state index in [2.05, 4.69) is 5.32 Å². The third-order valence-electron chi connectivity index (χ3n) is 2.74. The SMILES string of the molecule is CC(C)(C)OCC(O)CNC1CCS(=O)CC1. The molecule has 4 nitrogen and oxygen atoms in total. The number of aliphatic hydroxyl groups excluding tert-OH is 1. The van der Waals surface area contributed by atoms with Crippen LogP contribution in [0.5, 0.6) is 0 Å². The van der Waals surface area contributed by atoms with Gasteiger partial charge in [-0.2, -0.15) is 0 Å². The molecule has 0 spiro atoms. The van der Waals surface area contributed by atoms with Crippen LogP contribution >= 0.6 is 0 Å². The molecular weight excluding hydrogens is 238 g/mol. The van der Waals surface area contributed by atoms with Crippen LogP contribution < -0.4 is 5.32 Å². The second-order valence-electron chi connectivity index (χ2n) is 5.61. The molecule has 0 amide bonds. The Kier molecular flexibility index (Phi) is 6.06. The Morgan fingerprint density at radius 3 is 2.53 bits per heavy atom. The lowest BCUT2D eigenvalue weighted by Gasteiger charge is -2.25. The van der Waals surface area contributed by atoms with Crippen molar-refractivity contribution in [3.63, 3.8) is 0 Å². The van der Waals surface area contributed by atoms with E-state index in [0.29, 0.717) is 19.2 Å². The first-order valence-corrected chi connectivity index (χ1v) is 7.76. The summed E-state index contributed by atoms with van der Waals surface area (Å²) in [7, 11) is -0.618. The predicted octanol–water partition coefficient (Wildman–Crippen LogP) is 0.663. The summed E-state index contributed by atoms with van der Waals surface area (Å²) >= 11 is 0. The van der Waals surface area contributed by atoms with Crippen LogP contribution in [0.2, 0.25) is 0 Å². The molecule has 0 saturated carbocycles. The first kappa shape index (κ1) is 15.1. The molecule has 1 atom stereocenters. The molecule has 1 unspecified atom stereocenters. The van der Waals surface area contributed by atoms with Crippen molar-refractivity contribution in [3.8, 4) is 0 Å². The standard InChI is InChI=1S/C12H25NO3S/c1-12(2,3)16-9-11(14)8-13-10-4-6-17(15)7-5-10/h10-11,13-14H,4-9H2,1-3H3. The number of nitrogens with one attached hydrogen (secondary N) is 1. The lowest BCUT2D eigenvalue weighted by Crippen LogP contribution is -2.41. The van der Waals surface area contributed by atoms with Crippen LogP contribution in [0.4, 0.5) is 0 Å². The third-order valence-corrected chi connectivity index (χ3v) is 4.12. The average Bonchev–Trinajstić information content (AvgIpc) is 2.25. The molecular formula is C12H25NO3S. The Hall–Kier alpha value is 0.0300. The van der Waals surface area contributed by atoms with Gasteiger partial charge >= 0.3 is 0 Å². The zero-order chi connectivity index (χ0) is 12.9. The van der Waals surface area contributed by atoms with Gasteiger partial charge in [0.15, 0.2) is 0 Å². The van der Waals surface area contributed by atoms with E-state index in [1.165, 1.54) is 0 Å². The van der Waals surface area contributed by atoms with E-state index in [1.807, 2.05) is 20.8 Å². The Balaban J connectivity index is 2.11. The van der Waals surface area contributed by atoms with Crippen LogP contribution in [0.3, 0.4) is 0 Å². The van der Waals surface area contributed by atoms with Crippen molar-refractivity contribution in [2.45, 2.75) is 51.4 Å². The summed E-state index contributed by atoms with van der Waals surface area (Å²) in [4.78, 5) is 0. The normalized spacial score (nSPS) is 28.0. The molecule has 102 valence electrons. The van der Waals surface area contributed by atoms with Crippen molar-refractivity contribution in [1.29, 1.82) is 0 Å². The number of ether oxygens (including phenoxy) is 1. The molecule has 1 rings (SSSR count). The summed E-state index contributed by atoms with van der Waals surface area (Å²) < 4.78 is 16.7. The van der Waals surface area contributed by atoms with Gasteiger partial charge in [-0.3, -0.25) is 4.21 Å². The van der Waals surface area contributed by atoms with E-state index < -0.39 is 16.9 Å². The molecule has 1 aliphatic heterocycles. The highest BCUT2D eigenvalue weighted by Crippen LogP contribution is 2.10. The maximum atomic E-state index is 11.2. The van der Waals surface area contributed by atoms with Crippen molar-refractivity contribution in [2.24, 2.45) is 0 Å². The van der Waals surface area contributed by atoms with Crippen molar-refractivity contribution >= 4 is 10.8 Å². The van der Waals surface area contributed by atoms with Crippen molar-refractivity contribution in [2.75, 3.05) is 24.7 Å². The van der Waals surface area contributed by atoms with Gasteiger partial charge < -0.3 is 15.2 Å². The number of rotatable bonds is 5. The summed E-state index contributed by atoms with van der Waals surface area (Å²) in [5.74, 6) is 1.57. The summed E-state index contributed by atoms with van der Waals surface area (Å²) in [5, 5.41) is 13.1. The molecule has 17 heavy (non-hydrogen) atoms. The van der Waals surface area contributed by atoms with Gasteiger partial charge in [-0.05, 0) is 33.6 Å². The minimum atomic E-state index is -0.618. The van der Waals surface area contributed by atoms with Gasteiger partial charge in [-0.25, -0.2) is 0 Å². The maximum Gasteiger partial charge on any atom is 0.0898 e. The third kappa shape index (κ3) is 7.13. The summed E-state index contributed by atoms with van der Waals surface area (Å²) in [5.41, 5.74) is -0.206. The highest BCUT2D eigenvalue weighted by molar-refractivity contribution is 7.85. The number of aliphatic hydroxyl groups is 1. The second kappa shape index (κ2) is 6.83. The molecule has 0 aromatic rings. The quantitative estimate of drug-likeness (QED) is 0.765. The highest BCUT2D eigenvalue weighted by Gasteiger charge is 2.19. The number of hydrogen-bond donors (Lipinski definition) is 2. The Morgan fingerprint density at radius 1 is 1.41 bits per heavy atom. The van der Waals surface area contributed by atoms with Gasteiger partial charge in [-0.15, -0.1) is 0 Å². The van der Waals surface area contributed by atoms with Gasteiger partial charge in [0, 0.05) is 34.9 Å². The molecule has 5 heteroatoms. The van der Waals surface area contributed by atoms with Crippen LogP contribution in [0.1, 0.15) is 33.6 Å². The van der Waals surface area contributed by atoms with Crippen LogP contribution in [0.25, 0.3) is 0 Å². The Morgan fingerprint density at radius 2 is 2.00 bits per heavy atom. The van der Waals surface area contributed by atoms with E-state index in [4.69, 9.17) is 4.74 Å². The topological polar surface area (TPSA) is 58.6 Å². The molecule has 0 bridgehead atoms. The van der Waals surface area contributed by atoms with E-state index in [-0.39, 0.29) is 5.60 Å². The first-order chi connectivity index (χ1) is 7.87. The van der Waals surface area contributed by atoms with Crippen LogP contribution in [-0.4, -0.2) is 51.7 Å². The van der Waals surface area contributed by atoms with Gasteiger partial charge in [0.2, 0.25) is 0 Å². The molecule has 0 aromatic heterocycles. The van der Waals surface area contributed by atoms with Crippen molar-refractivity contribution in [1.82, 2.24) is 5.32 Å². The van der Waals surface area contributed by atoms with Gasteiger partial charge in [0.25, 0.3) is 0 Å². The average molecular weight is 263 g/mol. The van der Waals surface area contributed by atoms with E-state index >= 15 is 0 Å². The molecule has 0 aliphatic carbocycles. The van der Waals surface area contributed by atoms with Gasteiger partial charge in [-0.1, -0.05) is 0 Å². The van der Waals surface area contributed by atoms with E-state index in [9.17, 15) is 9.32 Å². The fraction of sp³-hybridized carbons (Fsp3) is 1.00. The molecule has 1 aliphatic rings. The summed E-state index contributed by atoms with van der Waals surface area (Å²) in [6.07, 6.45) is 1.42. The zero-order valence-corrected chi connectivity index (χ0v) is 11.9. The van der Waals surface area contributed by atoms with Crippen molar-refractivity contribution in [3.05, 3.63) is 0 Å². The van der Waals surface area contributed by atoms with Crippen LogP contribution in [0, 0.1) is 0 Å². The summed E-state index contributed by atoms with van der Waals surface area (Å²) in [6, 6.07) is 0.400. The smallest absolute Gasteiger partial charge is 0.0898 e. The highest BCUT2D eigenvalue weighted by atomic mass is 32.2. The van der Waals surface area contributed by atoms with E-state index in [1.54, 1.807) is 0 Å². The fourth-order valence-electron chi connectivity index (χ4n) is 1.71. The molecule has 1 saturated heterocycles. The largest absolute Gasteiger partial charge is 0.389 e. The van der Waals surface area contributed by atoms with E-state index in [0.717, 1.165) is 24.3 Å². The summed E-state index contributed by atoms with van der Waals surface area (Å²) in [6.45, 7) is 6.83. The van der Waals surface area contributed by atoms with Crippen molar-refractivity contribution < 1.29 is 14.1 Å². The lowest BCUT2D eigenvalue weighted by molar-refractivity contribution is -0.0484. The zero-order valence-electron chi connectivity index (χ0n) is 11.1. The van der Waals surface area contributed by atoms with Gasteiger partial charge in [0.1, 0.15) is 0 Å². The predicted molar refractivity (Wildman–Crippen MR) is 70.6 cm³/mol. The minimum absolute atomic E-state index is 0.206. The Labute approximate surface area is 107 Å². The Bertz CT molecular complexity index is 243.